The highest BCUT2D eigenvalue weighted by Gasteiger charge is 2.17. The zero-order valence-electron chi connectivity index (χ0n) is 19.4. The summed E-state index contributed by atoms with van der Waals surface area (Å²) < 4.78 is 12.1. The van der Waals surface area contributed by atoms with Crippen molar-refractivity contribution in [1.82, 2.24) is 9.47 Å². The quantitative estimate of drug-likeness (QED) is 0.506. The summed E-state index contributed by atoms with van der Waals surface area (Å²) in [5.41, 5.74) is 1.02. The Morgan fingerprint density at radius 1 is 1.09 bits per heavy atom. The summed E-state index contributed by atoms with van der Waals surface area (Å²) in [4.78, 5) is 55.4. The Morgan fingerprint density at radius 2 is 1.82 bits per heavy atom. The van der Waals surface area contributed by atoms with E-state index in [1.54, 1.807) is 29.7 Å². The van der Waals surface area contributed by atoms with Gasteiger partial charge in [0.25, 0.3) is 5.91 Å². The molecular weight excluding hydrogens is 478 g/mol. The highest BCUT2D eigenvalue weighted by Crippen LogP contribution is 2.20. The van der Waals surface area contributed by atoms with Gasteiger partial charge >= 0.3 is 11.9 Å². The molecule has 2 heterocycles. The van der Waals surface area contributed by atoms with Crippen LogP contribution in [0.5, 0.6) is 0 Å². The van der Waals surface area contributed by atoms with Crippen LogP contribution < -0.4 is 4.80 Å². The number of carbonyl (C=O) groups excluding carboxylic acids is 4. The van der Waals surface area contributed by atoms with Crippen molar-refractivity contribution >= 4 is 57.1 Å². The predicted octanol–water partition coefficient (Wildman–Crippen LogP) is 2.62. The van der Waals surface area contributed by atoms with Crippen molar-refractivity contribution in [3.05, 3.63) is 28.6 Å². The number of thioether (sulfide) groups is 1. The van der Waals surface area contributed by atoms with Crippen molar-refractivity contribution in [2.75, 3.05) is 38.3 Å². The third kappa shape index (κ3) is 6.92. The molecule has 2 aromatic rings. The lowest BCUT2D eigenvalue weighted by Gasteiger charge is -2.19. The Hall–Kier alpha value is -2.66. The Labute approximate surface area is 206 Å². The Balaban J connectivity index is 1.76. The smallest absolute Gasteiger partial charge is 0.337 e. The number of thiazole rings is 1. The van der Waals surface area contributed by atoms with Gasteiger partial charge in [-0.1, -0.05) is 24.2 Å². The first-order valence-corrected chi connectivity index (χ1v) is 13.2. The fraction of sp³-hybridized carbons (Fsp3) is 0.522. The van der Waals surface area contributed by atoms with Gasteiger partial charge in [-0.3, -0.25) is 14.4 Å². The second-order valence-corrected chi connectivity index (χ2v) is 9.74. The molecule has 9 nitrogen and oxygen atoms in total. The zero-order valence-corrected chi connectivity index (χ0v) is 21.0. The lowest BCUT2D eigenvalue weighted by Crippen LogP contribution is -2.33. The first-order valence-electron chi connectivity index (χ1n) is 11.2. The van der Waals surface area contributed by atoms with Crippen LogP contribution in [0.15, 0.2) is 23.2 Å². The molecule has 1 aromatic heterocycles. The Bertz CT molecular complexity index is 1120. The van der Waals surface area contributed by atoms with E-state index in [4.69, 9.17) is 9.47 Å². The van der Waals surface area contributed by atoms with Gasteiger partial charge in [0, 0.05) is 13.1 Å². The number of carbonyl (C=O) groups is 4. The van der Waals surface area contributed by atoms with Crippen molar-refractivity contribution in [2.45, 2.75) is 39.2 Å². The number of rotatable bonds is 8. The van der Waals surface area contributed by atoms with Crippen molar-refractivity contribution in [2.24, 2.45) is 4.99 Å². The van der Waals surface area contributed by atoms with Crippen LogP contribution in [0.2, 0.25) is 0 Å². The number of hydrogen-bond acceptors (Lipinski definition) is 8. The van der Waals surface area contributed by atoms with Crippen LogP contribution >= 0.6 is 23.1 Å². The summed E-state index contributed by atoms with van der Waals surface area (Å²) >= 11 is 2.44. The summed E-state index contributed by atoms with van der Waals surface area (Å²) in [6.45, 7) is 3.40. The molecule has 2 amide bonds. The summed E-state index contributed by atoms with van der Waals surface area (Å²) in [5, 5.41) is 0. The number of aromatic nitrogens is 1. The van der Waals surface area contributed by atoms with Crippen LogP contribution in [0.25, 0.3) is 10.2 Å². The lowest BCUT2D eigenvalue weighted by molar-refractivity contribution is -0.143. The SMILES string of the molecule is CCOC(=O)Cn1c(=NC(=O)CSCC(=O)N2CCCCCC2)sc2cc(C(=O)OC)ccc21. The molecule has 0 aliphatic carbocycles. The van der Waals surface area contributed by atoms with Crippen molar-refractivity contribution < 1.29 is 28.7 Å². The van der Waals surface area contributed by atoms with Crippen LogP contribution in [-0.4, -0.2) is 71.5 Å². The number of benzene rings is 1. The summed E-state index contributed by atoms with van der Waals surface area (Å²) in [7, 11) is 1.30. The van der Waals surface area contributed by atoms with E-state index in [0.29, 0.717) is 20.6 Å². The van der Waals surface area contributed by atoms with Gasteiger partial charge in [-0.15, -0.1) is 11.8 Å². The molecule has 11 heteroatoms. The van der Waals surface area contributed by atoms with Crippen molar-refractivity contribution in [3.63, 3.8) is 0 Å². The molecule has 0 N–H and O–H groups in total. The number of fused-ring (bicyclic) bond motifs is 1. The van der Waals surface area contributed by atoms with Crippen LogP contribution in [0.3, 0.4) is 0 Å². The Morgan fingerprint density at radius 3 is 2.50 bits per heavy atom. The molecule has 1 fully saturated rings. The minimum atomic E-state index is -0.479. The van der Waals surface area contributed by atoms with Crippen LogP contribution in [-0.2, 0) is 30.4 Å². The number of amides is 2. The first-order chi connectivity index (χ1) is 16.4. The third-order valence-electron chi connectivity index (χ3n) is 5.33. The molecule has 0 unspecified atom stereocenters. The average Bonchev–Trinajstić information content (AvgIpc) is 2.98. The van der Waals surface area contributed by atoms with E-state index in [2.05, 4.69) is 4.99 Å². The van der Waals surface area contributed by atoms with E-state index >= 15 is 0 Å². The predicted molar refractivity (Wildman–Crippen MR) is 131 cm³/mol. The van der Waals surface area contributed by atoms with E-state index in [-0.39, 0.29) is 30.6 Å². The number of esters is 2. The number of ether oxygens (including phenoxy) is 2. The molecule has 0 bridgehead atoms. The van der Waals surface area contributed by atoms with Gasteiger partial charge in [0.2, 0.25) is 5.91 Å². The van der Waals surface area contributed by atoms with E-state index in [9.17, 15) is 19.2 Å². The molecule has 0 spiro atoms. The van der Waals surface area contributed by atoms with Crippen LogP contribution in [0.1, 0.15) is 43.0 Å². The molecule has 0 radical (unpaired) electrons. The Kier molecular flexibility index (Phi) is 9.70. The minimum Gasteiger partial charge on any atom is -0.465 e. The second kappa shape index (κ2) is 12.7. The monoisotopic (exact) mass is 507 g/mol. The van der Waals surface area contributed by atoms with Gasteiger partial charge in [0.05, 0.1) is 41.0 Å². The largest absolute Gasteiger partial charge is 0.465 e. The number of likely N-dealkylation sites (tertiary alicyclic amines) is 1. The summed E-state index contributed by atoms with van der Waals surface area (Å²) in [6, 6.07) is 4.93. The van der Waals surface area contributed by atoms with E-state index in [0.717, 1.165) is 38.8 Å². The molecule has 1 saturated heterocycles. The maximum atomic E-state index is 12.6. The standard InChI is InChI=1S/C23H29N3O6S2/c1-3-32-21(29)13-26-17-9-8-16(22(30)31-2)12-18(17)34-23(26)24-19(27)14-33-15-20(28)25-10-6-4-5-7-11-25/h8-9,12H,3-7,10-11,13-15H2,1-2H3. The maximum Gasteiger partial charge on any atom is 0.337 e. The van der Waals surface area contributed by atoms with E-state index in [1.807, 2.05) is 4.90 Å². The normalized spacial score (nSPS) is 14.6. The molecule has 3 rings (SSSR count). The van der Waals surface area contributed by atoms with E-state index < -0.39 is 17.8 Å². The highest BCUT2D eigenvalue weighted by molar-refractivity contribution is 8.00. The summed E-state index contributed by atoms with van der Waals surface area (Å²) in [5.74, 6) is -0.988. The van der Waals surface area contributed by atoms with E-state index in [1.165, 1.54) is 30.2 Å². The fourth-order valence-corrected chi connectivity index (χ4v) is 5.45. The molecule has 1 aliphatic rings. The van der Waals surface area contributed by atoms with Gasteiger partial charge in [-0.05, 0) is 38.0 Å². The first kappa shape index (κ1) is 26.0. The number of hydrogen-bond donors (Lipinski definition) is 0. The third-order valence-corrected chi connectivity index (χ3v) is 7.27. The number of methoxy groups -OCH3 is 1. The van der Waals surface area contributed by atoms with Gasteiger partial charge in [0.1, 0.15) is 6.54 Å². The van der Waals surface area contributed by atoms with Gasteiger partial charge in [-0.2, -0.15) is 4.99 Å². The van der Waals surface area contributed by atoms with Crippen LogP contribution in [0, 0.1) is 0 Å². The minimum absolute atomic E-state index is 0.0503. The van der Waals surface area contributed by atoms with Crippen LogP contribution in [0.4, 0.5) is 0 Å². The van der Waals surface area contributed by atoms with Gasteiger partial charge < -0.3 is 18.9 Å². The zero-order chi connectivity index (χ0) is 24.5. The number of nitrogens with zero attached hydrogens (tertiary/aromatic N) is 3. The molecule has 0 atom stereocenters. The van der Waals surface area contributed by atoms with Crippen molar-refractivity contribution in [3.8, 4) is 0 Å². The maximum absolute atomic E-state index is 12.6. The highest BCUT2D eigenvalue weighted by atomic mass is 32.2. The molecule has 34 heavy (non-hydrogen) atoms. The molecule has 1 aromatic carbocycles. The molecule has 184 valence electrons. The second-order valence-electron chi connectivity index (χ2n) is 7.74. The topological polar surface area (TPSA) is 107 Å². The average molecular weight is 508 g/mol. The molecular formula is C23H29N3O6S2. The fourth-order valence-electron chi connectivity index (χ4n) is 3.67. The van der Waals surface area contributed by atoms with Gasteiger partial charge in [0.15, 0.2) is 4.80 Å². The lowest BCUT2D eigenvalue weighted by atomic mass is 10.2. The summed E-state index contributed by atoms with van der Waals surface area (Å²) in [6.07, 6.45) is 4.34. The molecule has 0 saturated carbocycles. The van der Waals surface area contributed by atoms with Crippen molar-refractivity contribution in [1.29, 1.82) is 0 Å². The van der Waals surface area contributed by atoms with Gasteiger partial charge in [-0.25, -0.2) is 4.79 Å². The molecule has 1 aliphatic heterocycles.